The van der Waals surface area contributed by atoms with Crippen LogP contribution in [0, 0.1) is 11.3 Å². The number of hydrogen-bond donors (Lipinski definition) is 0. The van der Waals surface area contributed by atoms with Gasteiger partial charge < -0.3 is 9.64 Å². The summed E-state index contributed by atoms with van der Waals surface area (Å²) < 4.78 is 28.2. The second kappa shape index (κ2) is 5.30. The first kappa shape index (κ1) is 17.4. The van der Waals surface area contributed by atoms with Crippen molar-refractivity contribution in [3.05, 3.63) is 0 Å². The number of hydrogen-bond acceptors (Lipinski definition) is 4. The molecule has 0 aliphatic heterocycles. The maximum absolute atomic E-state index is 12.4. The third-order valence-electron chi connectivity index (χ3n) is 5.02. The van der Waals surface area contributed by atoms with Gasteiger partial charge >= 0.3 is 0 Å². The Balaban J connectivity index is 2.78. The van der Waals surface area contributed by atoms with E-state index in [-0.39, 0.29) is 28.7 Å². The van der Waals surface area contributed by atoms with Gasteiger partial charge in [-0.15, -0.1) is 0 Å². The van der Waals surface area contributed by atoms with Crippen molar-refractivity contribution in [2.75, 3.05) is 26.2 Å². The molecule has 0 N–H and O–H groups in total. The molecule has 0 bridgehead atoms. The average Bonchev–Trinajstić information content (AvgIpc) is 2.31. The van der Waals surface area contributed by atoms with E-state index < -0.39 is 15.8 Å². The summed E-state index contributed by atoms with van der Waals surface area (Å²) in [6, 6.07) is 0.0713. The Morgan fingerprint density at radius 3 is 2.25 bits per heavy atom. The summed E-state index contributed by atoms with van der Waals surface area (Å²) in [7, 11) is 0.295. The SMILES string of the molecule is CO[C@]1(C)C[C@@H](N(C)C(=O)[C@@H](C)CS(C)(=O)=O)C1(C)C. The van der Waals surface area contributed by atoms with Crippen molar-refractivity contribution in [2.24, 2.45) is 11.3 Å². The Bertz CT molecular complexity index is 485. The van der Waals surface area contributed by atoms with Gasteiger partial charge in [0.25, 0.3) is 0 Å². The van der Waals surface area contributed by atoms with Crippen LogP contribution in [0.2, 0.25) is 0 Å². The number of methoxy groups -OCH3 is 1. The third-order valence-corrected chi connectivity index (χ3v) is 6.12. The lowest BCUT2D eigenvalue weighted by Crippen LogP contribution is -2.69. The fourth-order valence-electron chi connectivity index (χ4n) is 3.10. The van der Waals surface area contributed by atoms with Crippen LogP contribution < -0.4 is 0 Å². The zero-order valence-electron chi connectivity index (χ0n) is 13.6. The zero-order chi connectivity index (χ0) is 15.9. The maximum atomic E-state index is 12.4. The van der Waals surface area contributed by atoms with Crippen LogP contribution in [0.15, 0.2) is 0 Å². The van der Waals surface area contributed by atoms with Crippen molar-refractivity contribution in [1.82, 2.24) is 4.90 Å². The standard InChI is InChI=1S/C14H27NO4S/c1-10(9-20(7,17)18)12(16)15(5)11-8-14(4,19-6)13(11,2)3/h10-11H,8-9H2,1-7H3/t10-,11+,14+/m0/s1. The van der Waals surface area contributed by atoms with Gasteiger partial charge in [0.1, 0.15) is 9.84 Å². The molecule has 0 aromatic carbocycles. The summed E-state index contributed by atoms with van der Waals surface area (Å²) >= 11 is 0. The van der Waals surface area contributed by atoms with Gasteiger partial charge in [-0.3, -0.25) is 4.79 Å². The van der Waals surface area contributed by atoms with Crippen molar-refractivity contribution in [3.63, 3.8) is 0 Å². The quantitative estimate of drug-likeness (QED) is 0.768. The topological polar surface area (TPSA) is 63.7 Å². The molecule has 0 heterocycles. The summed E-state index contributed by atoms with van der Waals surface area (Å²) in [5, 5.41) is 0. The normalized spacial score (nSPS) is 30.4. The Hall–Kier alpha value is -0.620. The first-order chi connectivity index (χ1) is 8.85. The van der Waals surface area contributed by atoms with E-state index in [2.05, 4.69) is 13.8 Å². The lowest BCUT2D eigenvalue weighted by Gasteiger charge is -2.61. The minimum Gasteiger partial charge on any atom is -0.378 e. The number of carbonyl (C=O) groups is 1. The van der Waals surface area contributed by atoms with Crippen LogP contribution in [-0.4, -0.2) is 57.0 Å². The highest BCUT2D eigenvalue weighted by Gasteiger charge is 2.59. The molecule has 20 heavy (non-hydrogen) atoms. The molecule has 1 aliphatic carbocycles. The van der Waals surface area contributed by atoms with Gasteiger partial charge in [-0.25, -0.2) is 8.42 Å². The summed E-state index contributed by atoms with van der Waals surface area (Å²) in [6.07, 6.45) is 1.93. The molecule has 1 saturated carbocycles. The monoisotopic (exact) mass is 305 g/mol. The lowest BCUT2D eigenvalue weighted by molar-refractivity contribution is -0.208. The van der Waals surface area contributed by atoms with Crippen molar-refractivity contribution < 1.29 is 17.9 Å². The molecule has 0 unspecified atom stereocenters. The van der Waals surface area contributed by atoms with Crippen LogP contribution in [0.3, 0.4) is 0 Å². The van der Waals surface area contributed by atoms with Gasteiger partial charge in [0.15, 0.2) is 0 Å². The summed E-state index contributed by atoms with van der Waals surface area (Å²) in [5.41, 5.74) is -0.400. The van der Waals surface area contributed by atoms with Gasteiger partial charge in [-0.05, 0) is 13.3 Å². The molecule has 0 saturated heterocycles. The van der Waals surface area contributed by atoms with Crippen LogP contribution in [0.5, 0.6) is 0 Å². The molecule has 0 radical (unpaired) electrons. The zero-order valence-corrected chi connectivity index (χ0v) is 14.4. The lowest BCUT2D eigenvalue weighted by atomic mass is 9.55. The molecule has 6 heteroatoms. The Kier molecular flexibility index (Phi) is 4.62. The summed E-state index contributed by atoms with van der Waals surface area (Å²) in [4.78, 5) is 14.1. The molecular formula is C14H27NO4S. The average molecular weight is 305 g/mol. The predicted molar refractivity (Wildman–Crippen MR) is 79.2 cm³/mol. The van der Waals surface area contributed by atoms with Crippen molar-refractivity contribution in [1.29, 1.82) is 0 Å². The van der Waals surface area contributed by atoms with Crippen LogP contribution in [0.4, 0.5) is 0 Å². The van der Waals surface area contributed by atoms with Crippen LogP contribution in [-0.2, 0) is 19.4 Å². The van der Waals surface area contributed by atoms with Crippen LogP contribution in [0.25, 0.3) is 0 Å². The van der Waals surface area contributed by atoms with Gasteiger partial charge in [0, 0.05) is 37.8 Å². The Morgan fingerprint density at radius 2 is 1.90 bits per heavy atom. The highest BCUT2D eigenvalue weighted by molar-refractivity contribution is 7.90. The number of rotatable bonds is 5. The molecule has 3 atom stereocenters. The molecule has 0 spiro atoms. The van der Waals surface area contributed by atoms with E-state index in [1.165, 1.54) is 0 Å². The second-order valence-corrected chi connectivity index (χ2v) is 9.00. The van der Waals surface area contributed by atoms with E-state index >= 15 is 0 Å². The maximum Gasteiger partial charge on any atom is 0.226 e. The van der Waals surface area contributed by atoms with E-state index in [0.717, 1.165) is 12.7 Å². The highest BCUT2D eigenvalue weighted by Crippen LogP contribution is 2.53. The highest BCUT2D eigenvalue weighted by atomic mass is 32.2. The fourth-order valence-corrected chi connectivity index (χ4v) is 4.15. The second-order valence-electron chi connectivity index (χ2n) is 6.82. The third kappa shape index (κ3) is 3.01. The van der Waals surface area contributed by atoms with E-state index in [1.54, 1.807) is 26.0 Å². The van der Waals surface area contributed by atoms with Gasteiger partial charge in [0.05, 0.1) is 11.4 Å². The largest absolute Gasteiger partial charge is 0.378 e. The molecular weight excluding hydrogens is 278 g/mol. The predicted octanol–water partition coefficient (Wildman–Crippen LogP) is 1.33. The first-order valence-electron chi connectivity index (χ1n) is 6.85. The minimum absolute atomic E-state index is 0.0713. The van der Waals surface area contributed by atoms with E-state index in [0.29, 0.717) is 0 Å². The molecule has 1 amide bonds. The molecule has 118 valence electrons. The smallest absolute Gasteiger partial charge is 0.226 e. The number of sulfone groups is 1. The van der Waals surface area contributed by atoms with E-state index in [9.17, 15) is 13.2 Å². The van der Waals surface area contributed by atoms with Crippen molar-refractivity contribution >= 4 is 15.7 Å². The minimum atomic E-state index is -3.14. The number of ether oxygens (including phenoxy) is 1. The number of carbonyl (C=O) groups excluding carboxylic acids is 1. The van der Waals surface area contributed by atoms with E-state index in [4.69, 9.17) is 4.74 Å². The summed E-state index contributed by atoms with van der Waals surface area (Å²) in [5.74, 6) is -0.739. The molecule has 5 nitrogen and oxygen atoms in total. The fraction of sp³-hybridized carbons (Fsp3) is 0.929. The Morgan fingerprint density at radius 1 is 1.40 bits per heavy atom. The molecule has 1 rings (SSSR count). The van der Waals surface area contributed by atoms with E-state index in [1.807, 2.05) is 6.92 Å². The summed E-state index contributed by atoms with van der Waals surface area (Å²) in [6.45, 7) is 7.87. The van der Waals surface area contributed by atoms with Gasteiger partial charge in [-0.1, -0.05) is 20.8 Å². The number of amides is 1. The van der Waals surface area contributed by atoms with Gasteiger partial charge in [-0.2, -0.15) is 0 Å². The first-order valence-corrected chi connectivity index (χ1v) is 8.91. The van der Waals surface area contributed by atoms with Gasteiger partial charge in [0.2, 0.25) is 5.91 Å². The number of nitrogens with zero attached hydrogens (tertiary/aromatic N) is 1. The molecule has 0 aromatic heterocycles. The molecule has 1 aliphatic rings. The molecule has 0 aromatic rings. The molecule has 1 fully saturated rings. The van der Waals surface area contributed by atoms with Crippen molar-refractivity contribution in [2.45, 2.75) is 45.8 Å². The van der Waals surface area contributed by atoms with Crippen LogP contribution in [0.1, 0.15) is 34.1 Å². The van der Waals surface area contributed by atoms with Crippen LogP contribution >= 0.6 is 0 Å². The van der Waals surface area contributed by atoms with Crippen molar-refractivity contribution in [3.8, 4) is 0 Å². The Labute approximate surface area is 122 Å².